The fraction of sp³-hybridized carbons (Fsp3) is 0.308. The second-order valence-corrected chi connectivity index (χ2v) is 3.34. The lowest BCUT2D eigenvalue weighted by Crippen LogP contribution is -2.02. The first-order valence-corrected chi connectivity index (χ1v) is 5.30. The number of nitrogens with zero attached hydrogens (tertiary/aromatic N) is 1. The third-order valence-corrected chi connectivity index (χ3v) is 2.29. The molecule has 0 aliphatic rings. The van der Waals surface area contributed by atoms with E-state index in [-0.39, 0.29) is 6.61 Å². The largest absolute Gasteiger partial charge is 0.478 e. The van der Waals surface area contributed by atoms with Crippen LogP contribution in [0.15, 0.2) is 29.8 Å². The Bertz CT molecular complexity index is 399. The highest BCUT2D eigenvalue weighted by atomic mass is 16.5. The summed E-state index contributed by atoms with van der Waals surface area (Å²) in [7, 11) is 0. The van der Waals surface area contributed by atoms with Crippen molar-refractivity contribution in [3.8, 4) is 11.8 Å². The molecule has 84 valence electrons. The van der Waals surface area contributed by atoms with Crippen LogP contribution in [-0.4, -0.2) is 13.2 Å². The Balaban J connectivity index is 2.94. The minimum absolute atomic E-state index is 0.0644. The van der Waals surface area contributed by atoms with Crippen molar-refractivity contribution in [2.75, 3.05) is 13.2 Å². The van der Waals surface area contributed by atoms with Crippen LogP contribution in [0.4, 0.5) is 0 Å². The van der Waals surface area contributed by atoms with Gasteiger partial charge in [-0.25, -0.2) is 0 Å². The zero-order valence-electron chi connectivity index (χ0n) is 9.44. The van der Waals surface area contributed by atoms with Gasteiger partial charge in [0, 0.05) is 12.1 Å². The Hall–Kier alpha value is -1.79. The smallest absolute Gasteiger partial charge is 0.174 e. The van der Waals surface area contributed by atoms with Crippen LogP contribution in [0.3, 0.4) is 0 Å². The summed E-state index contributed by atoms with van der Waals surface area (Å²) in [4.78, 5) is 0. The molecule has 0 spiro atoms. The van der Waals surface area contributed by atoms with Crippen molar-refractivity contribution in [2.45, 2.75) is 13.3 Å². The topological polar surface area (TPSA) is 59.0 Å². The Morgan fingerprint density at radius 1 is 1.50 bits per heavy atom. The van der Waals surface area contributed by atoms with Gasteiger partial charge in [-0.1, -0.05) is 36.8 Å². The summed E-state index contributed by atoms with van der Waals surface area (Å²) in [5.74, 6) is 0.725. The Kier molecular flexibility index (Phi) is 5.10. The molecule has 0 heterocycles. The van der Waals surface area contributed by atoms with Crippen molar-refractivity contribution in [3.05, 3.63) is 35.4 Å². The molecule has 0 aliphatic carbocycles. The molecule has 2 N–H and O–H groups in total. The van der Waals surface area contributed by atoms with Gasteiger partial charge >= 0.3 is 0 Å². The molecule has 1 aromatic carbocycles. The van der Waals surface area contributed by atoms with Crippen molar-refractivity contribution in [1.82, 2.24) is 0 Å². The maximum absolute atomic E-state index is 8.48. The van der Waals surface area contributed by atoms with Crippen LogP contribution < -0.4 is 10.5 Å². The van der Waals surface area contributed by atoms with Crippen LogP contribution in [0.2, 0.25) is 0 Å². The van der Waals surface area contributed by atoms with Crippen molar-refractivity contribution in [2.24, 2.45) is 5.73 Å². The molecular weight excluding hydrogens is 200 g/mol. The number of rotatable bonds is 5. The first kappa shape index (κ1) is 12.3. The minimum atomic E-state index is 0.0644. The molecule has 0 radical (unpaired) electrons. The zero-order valence-corrected chi connectivity index (χ0v) is 9.44. The Morgan fingerprint density at radius 2 is 2.25 bits per heavy atom. The number of hydrogen-bond acceptors (Lipinski definition) is 3. The van der Waals surface area contributed by atoms with Crippen molar-refractivity contribution in [3.63, 3.8) is 0 Å². The fourth-order valence-electron chi connectivity index (χ4n) is 1.37. The van der Waals surface area contributed by atoms with Crippen LogP contribution in [0.5, 0.6) is 5.75 Å². The summed E-state index contributed by atoms with van der Waals surface area (Å²) in [6.07, 6.45) is 2.94. The molecule has 3 heteroatoms. The second-order valence-electron chi connectivity index (χ2n) is 3.34. The molecule has 1 aromatic rings. The lowest BCUT2D eigenvalue weighted by Gasteiger charge is -2.07. The van der Waals surface area contributed by atoms with E-state index >= 15 is 0 Å². The normalized spacial score (nSPS) is 10.9. The monoisotopic (exact) mass is 216 g/mol. The van der Waals surface area contributed by atoms with E-state index in [1.165, 1.54) is 0 Å². The summed E-state index contributed by atoms with van der Waals surface area (Å²) in [5, 5.41) is 8.48. The molecule has 3 nitrogen and oxygen atoms in total. The Morgan fingerprint density at radius 3 is 2.88 bits per heavy atom. The van der Waals surface area contributed by atoms with Crippen molar-refractivity contribution < 1.29 is 4.74 Å². The van der Waals surface area contributed by atoms with E-state index in [0.29, 0.717) is 6.54 Å². The van der Waals surface area contributed by atoms with E-state index in [0.717, 1.165) is 23.3 Å². The van der Waals surface area contributed by atoms with Crippen LogP contribution in [0.1, 0.15) is 18.9 Å². The number of benzene rings is 1. The molecule has 0 unspecified atom stereocenters. The number of hydrogen-bond donors (Lipinski definition) is 1. The first-order valence-electron chi connectivity index (χ1n) is 5.30. The maximum atomic E-state index is 8.48. The molecule has 0 saturated heterocycles. The maximum Gasteiger partial charge on any atom is 0.174 e. The third-order valence-electron chi connectivity index (χ3n) is 2.29. The van der Waals surface area contributed by atoms with E-state index in [2.05, 4.69) is 6.92 Å². The highest BCUT2D eigenvalue weighted by Gasteiger charge is 2.00. The number of nitrogens with two attached hydrogens (primary N) is 1. The standard InChI is InChI=1S/C13H16N2O/c1-2-11(10-15)9-12-5-3-4-6-13(12)16-8-7-14/h3-6,9H,2,8,10,15H2,1H3. The van der Waals surface area contributed by atoms with Crippen LogP contribution in [0, 0.1) is 11.3 Å². The van der Waals surface area contributed by atoms with Crippen LogP contribution >= 0.6 is 0 Å². The van der Waals surface area contributed by atoms with E-state index in [9.17, 15) is 0 Å². The predicted molar refractivity (Wildman–Crippen MR) is 64.9 cm³/mol. The SMILES string of the molecule is CCC(=Cc1ccccc1OCC#N)CN. The third kappa shape index (κ3) is 3.41. The van der Waals surface area contributed by atoms with Gasteiger partial charge in [-0.3, -0.25) is 0 Å². The Labute approximate surface area is 96.1 Å². The molecule has 0 aliphatic heterocycles. The summed E-state index contributed by atoms with van der Waals surface area (Å²) in [5.41, 5.74) is 7.75. The molecule has 0 fully saturated rings. The molecule has 1 rings (SSSR count). The molecule has 0 atom stereocenters. The average Bonchev–Trinajstić information content (AvgIpc) is 2.34. The zero-order chi connectivity index (χ0) is 11.8. The highest BCUT2D eigenvalue weighted by molar-refractivity contribution is 5.60. The number of nitriles is 1. The lowest BCUT2D eigenvalue weighted by atomic mass is 10.1. The van der Waals surface area contributed by atoms with Gasteiger partial charge in [-0.15, -0.1) is 0 Å². The minimum Gasteiger partial charge on any atom is -0.478 e. The van der Waals surface area contributed by atoms with Crippen LogP contribution in [0.25, 0.3) is 6.08 Å². The number of ether oxygens (including phenoxy) is 1. The summed E-state index contributed by atoms with van der Waals surface area (Å²) in [6, 6.07) is 9.59. The quantitative estimate of drug-likeness (QED) is 0.821. The molecular formula is C13H16N2O. The number of para-hydroxylation sites is 1. The molecule has 0 saturated carbocycles. The summed E-state index contributed by atoms with van der Waals surface area (Å²) >= 11 is 0. The van der Waals surface area contributed by atoms with E-state index in [4.69, 9.17) is 15.7 Å². The molecule has 0 aromatic heterocycles. The molecule has 16 heavy (non-hydrogen) atoms. The van der Waals surface area contributed by atoms with Gasteiger partial charge in [0.25, 0.3) is 0 Å². The van der Waals surface area contributed by atoms with Gasteiger partial charge < -0.3 is 10.5 Å². The highest BCUT2D eigenvalue weighted by Crippen LogP contribution is 2.21. The predicted octanol–water partition coefficient (Wildman–Crippen LogP) is 2.34. The van der Waals surface area contributed by atoms with Crippen LogP contribution in [-0.2, 0) is 0 Å². The second kappa shape index (κ2) is 6.65. The molecule has 0 amide bonds. The van der Waals surface area contributed by atoms with Gasteiger partial charge in [0.1, 0.15) is 11.8 Å². The summed E-state index contributed by atoms with van der Waals surface area (Å²) in [6.45, 7) is 2.68. The van der Waals surface area contributed by atoms with Gasteiger partial charge in [-0.05, 0) is 12.5 Å². The van der Waals surface area contributed by atoms with Gasteiger partial charge in [0.05, 0.1) is 0 Å². The van der Waals surface area contributed by atoms with E-state index < -0.39 is 0 Å². The fourth-order valence-corrected chi connectivity index (χ4v) is 1.37. The van der Waals surface area contributed by atoms with Crippen molar-refractivity contribution >= 4 is 6.08 Å². The van der Waals surface area contributed by atoms with E-state index in [1.807, 2.05) is 36.4 Å². The van der Waals surface area contributed by atoms with E-state index in [1.54, 1.807) is 0 Å². The van der Waals surface area contributed by atoms with Gasteiger partial charge in [-0.2, -0.15) is 5.26 Å². The lowest BCUT2D eigenvalue weighted by molar-refractivity contribution is 0.367. The average molecular weight is 216 g/mol. The first-order chi connectivity index (χ1) is 7.81. The molecule has 0 bridgehead atoms. The summed E-state index contributed by atoms with van der Waals surface area (Å²) < 4.78 is 5.33. The van der Waals surface area contributed by atoms with Crippen molar-refractivity contribution in [1.29, 1.82) is 5.26 Å². The van der Waals surface area contributed by atoms with Gasteiger partial charge in [0.2, 0.25) is 0 Å². The van der Waals surface area contributed by atoms with Gasteiger partial charge in [0.15, 0.2) is 6.61 Å².